The van der Waals surface area contributed by atoms with Gasteiger partial charge in [-0.15, -0.1) is 11.8 Å². The molecule has 0 saturated carbocycles. The number of rotatable bonds is 1. The Labute approximate surface area is 99.9 Å². The molecule has 2 heterocycles. The van der Waals surface area contributed by atoms with E-state index in [1.807, 2.05) is 18.7 Å². The SMILES string of the molecule is Cc1ccc(C2CCSc3ccccc32)o1. The van der Waals surface area contributed by atoms with Gasteiger partial charge in [-0.1, -0.05) is 18.2 Å². The highest BCUT2D eigenvalue weighted by molar-refractivity contribution is 7.99. The van der Waals surface area contributed by atoms with E-state index in [1.54, 1.807) is 0 Å². The average Bonchev–Trinajstić information content (AvgIpc) is 2.75. The molecule has 3 rings (SSSR count). The van der Waals surface area contributed by atoms with Gasteiger partial charge in [0.15, 0.2) is 0 Å². The summed E-state index contributed by atoms with van der Waals surface area (Å²) in [5, 5.41) is 0. The normalized spacial score (nSPS) is 19.4. The van der Waals surface area contributed by atoms with Gasteiger partial charge in [0.05, 0.1) is 0 Å². The molecule has 1 unspecified atom stereocenters. The zero-order valence-corrected chi connectivity index (χ0v) is 10.1. The highest BCUT2D eigenvalue weighted by Gasteiger charge is 2.23. The van der Waals surface area contributed by atoms with Gasteiger partial charge >= 0.3 is 0 Å². The lowest BCUT2D eigenvalue weighted by Gasteiger charge is -2.23. The third-order valence-electron chi connectivity index (χ3n) is 3.06. The van der Waals surface area contributed by atoms with E-state index in [2.05, 4.69) is 36.4 Å². The molecule has 0 bridgehead atoms. The largest absolute Gasteiger partial charge is 0.466 e. The van der Waals surface area contributed by atoms with Crippen LogP contribution in [0.25, 0.3) is 0 Å². The van der Waals surface area contributed by atoms with E-state index in [1.165, 1.54) is 22.6 Å². The molecule has 0 saturated heterocycles. The van der Waals surface area contributed by atoms with Crippen LogP contribution in [0.15, 0.2) is 45.7 Å². The van der Waals surface area contributed by atoms with Crippen molar-refractivity contribution in [3.05, 3.63) is 53.5 Å². The van der Waals surface area contributed by atoms with Crippen LogP contribution in [-0.2, 0) is 0 Å². The molecule has 0 fully saturated rings. The van der Waals surface area contributed by atoms with Crippen molar-refractivity contribution in [3.8, 4) is 0 Å². The van der Waals surface area contributed by atoms with E-state index in [0.29, 0.717) is 5.92 Å². The molecule has 16 heavy (non-hydrogen) atoms. The monoisotopic (exact) mass is 230 g/mol. The topological polar surface area (TPSA) is 13.1 Å². The van der Waals surface area contributed by atoms with Crippen molar-refractivity contribution >= 4 is 11.8 Å². The van der Waals surface area contributed by atoms with Crippen LogP contribution >= 0.6 is 11.8 Å². The Hall–Kier alpha value is -1.15. The summed E-state index contributed by atoms with van der Waals surface area (Å²) in [5.74, 6) is 3.75. The Balaban J connectivity index is 2.04. The Morgan fingerprint density at radius 1 is 1.19 bits per heavy atom. The fourth-order valence-electron chi connectivity index (χ4n) is 2.28. The zero-order chi connectivity index (χ0) is 11.0. The molecule has 0 amide bonds. The maximum atomic E-state index is 5.77. The van der Waals surface area contributed by atoms with Crippen LogP contribution in [0, 0.1) is 6.92 Å². The first-order valence-electron chi connectivity index (χ1n) is 5.62. The second-order valence-electron chi connectivity index (χ2n) is 4.18. The van der Waals surface area contributed by atoms with Crippen molar-refractivity contribution in [1.29, 1.82) is 0 Å². The second kappa shape index (κ2) is 4.02. The Morgan fingerprint density at radius 3 is 2.88 bits per heavy atom. The smallest absolute Gasteiger partial charge is 0.111 e. The van der Waals surface area contributed by atoms with Crippen molar-refractivity contribution < 1.29 is 4.42 Å². The average molecular weight is 230 g/mol. The standard InChI is InChI=1S/C14H14OS/c1-10-6-7-13(15-10)11-8-9-16-14-5-3-2-4-12(11)14/h2-7,11H,8-9H2,1H3. The van der Waals surface area contributed by atoms with Gasteiger partial charge in [-0.05, 0) is 42.9 Å². The van der Waals surface area contributed by atoms with Crippen LogP contribution in [0.5, 0.6) is 0 Å². The third kappa shape index (κ3) is 1.67. The highest BCUT2D eigenvalue weighted by atomic mass is 32.2. The molecule has 2 heteroatoms. The van der Waals surface area contributed by atoms with Gasteiger partial charge in [0.1, 0.15) is 11.5 Å². The summed E-state index contributed by atoms with van der Waals surface area (Å²) >= 11 is 1.95. The molecule has 2 aromatic rings. The maximum absolute atomic E-state index is 5.77. The van der Waals surface area contributed by atoms with Crippen LogP contribution < -0.4 is 0 Å². The first-order chi connectivity index (χ1) is 7.84. The lowest BCUT2D eigenvalue weighted by atomic mass is 9.93. The van der Waals surface area contributed by atoms with E-state index in [9.17, 15) is 0 Å². The number of hydrogen-bond donors (Lipinski definition) is 0. The van der Waals surface area contributed by atoms with Gasteiger partial charge in [-0.3, -0.25) is 0 Å². The molecule has 1 aliphatic rings. The molecule has 1 nitrogen and oxygen atoms in total. The number of thioether (sulfide) groups is 1. The molecule has 82 valence electrons. The summed E-state index contributed by atoms with van der Waals surface area (Å²) in [7, 11) is 0. The number of fused-ring (bicyclic) bond motifs is 1. The van der Waals surface area contributed by atoms with Gasteiger partial charge in [0, 0.05) is 10.8 Å². The number of aryl methyl sites for hydroxylation is 1. The van der Waals surface area contributed by atoms with Crippen molar-refractivity contribution in [1.82, 2.24) is 0 Å². The van der Waals surface area contributed by atoms with Gasteiger partial charge in [-0.25, -0.2) is 0 Å². The molecule has 1 atom stereocenters. The van der Waals surface area contributed by atoms with E-state index >= 15 is 0 Å². The Bertz CT molecular complexity index is 501. The van der Waals surface area contributed by atoms with Crippen LogP contribution in [0.2, 0.25) is 0 Å². The van der Waals surface area contributed by atoms with Crippen molar-refractivity contribution in [3.63, 3.8) is 0 Å². The van der Waals surface area contributed by atoms with E-state index in [-0.39, 0.29) is 0 Å². The fourth-order valence-corrected chi connectivity index (χ4v) is 3.40. The molecule has 0 radical (unpaired) electrons. The molecule has 0 aliphatic carbocycles. The third-order valence-corrected chi connectivity index (χ3v) is 4.19. The van der Waals surface area contributed by atoms with E-state index in [4.69, 9.17) is 4.42 Å². The summed E-state index contributed by atoms with van der Waals surface area (Å²) in [6.07, 6.45) is 1.18. The summed E-state index contributed by atoms with van der Waals surface area (Å²) in [5.41, 5.74) is 1.42. The molecule has 0 spiro atoms. The predicted octanol–water partition coefficient (Wildman–Crippen LogP) is 4.22. The maximum Gasteiger partial charge on any atom is 0.111 e. The first-order valence-corrected chi connectivity index (χ1v) is 6.61. The number of hydrogen-bond acceptors (Lipinski definition) is 2. The number of benzene rings is 1. The van der Waals surface area contributed by atoms with Gasteiger partial charge in [-0.2, -0.15) is 0 Å². The predicted molar refractivity (Wildman–Crippen MR) is 67.1 cm³/mol. The molecular weight excluding hydrogens is 216 g/mol. The van der Waals surface area contributed by atoms with Gasteiger partial charge in [0.25, 0.3) is 0 Å². The zero-order valence-electron chi connectivity index (χ0n) is 9.27. The fraction of sp³-hybridized carbons (Fsp3) is 0.286. The molecule has 1 aliphatic heterocycles. The lowest BCUT2D eigenvalue weighted by molar-refractivity contribution is 0.456. The lowest BCUT2D eigenvalue weighted by Crippen LogP contribution is -2.07. The summed E-state index contributed by atoms with van der Waals surface area (Å²) in [6, 6.07) is 12.8. The van der Waals surface area contributed by atoms with Crippen LogP contribution in [0.4, 0.5) is 0 Å². The molecule has 1 aromatic heterocycles. The minimum atomic E-state index is 0.450. The highest BCUT2D eigenvalue weighted by Crippen LogP contribution is 2.41. The van der Waals surface area contributed by atoms with Crippen LogP contribution in [-0.4, -0.2) is 5.75 Å². The van der Waals surface area contributed by atoms with Crippen molar-refractivity contribution in [2.24, 2.45) is 0 Å². The van der Waals surface area contributed by atoms with Crippen LogP contribution in [0.3, 0.4) is 0 Å². The van der Waals surface area contributed by atoms with E-state index < -0.39 is 0 Å². The minimum absolute atomic E-state index is 0.450. The summed E-state index contributed by atoms with van der Waals surface area (Å²) in [6.45, 7) is 2.01. The summed E-state index contributed by atoms with van der Waals surface area (Å²) in [4.78, 5) is 1.41. The minimum Gasteiger partial charge on any atom is -0.466 e. The quantitative estimate of drug-likeness (QED) is 0.727. The first kappa shape index (κ1) is 10.0. The molecule has 1 aromatic carbocycles. The molecular formula is C14H14OS. The number of furan rings is 1. The van der Waals surface area contributed by atoms with Gasteiger partial charge < -0.3 is 4.42 Å². The second-order valence-corrected chi connectivity index (χ2v) is 5.31. The van der Waals surface area contributed by atoms with Crippen molar-refractivity contribution in [2.45, 2.75) is 24.2 Å². The molecule has 0 N–H and O–H groups in total. The Morgan fingerprint density at radius 2 is 2.06 bits per heavy atom. The Kier molecular flexibility index (Phi) is 2.52. The van der Waals surface area contributed by atoms with E-state index in [0.717, 1.165) is 11.5 Å². The van der Waals surface area contributed by atoms with Gasteiger partial charge in [0.2, 0.25) is 0 Å². The van der Waals surface area contributed by atoms with Crippen LogP contribution in [0.1, 0.15) is 29.4 Å². The van der Waals surface area contributed by atoms with Crippen molar-refractivity contribution in [2.75, 3.05) is 5.75 Å². The summed E-state index contributed by atoms with van der Waals surface area (Å²) < 4.78 is 5.77.